The first-order valence-electron chi connectivity index (χ1n) is 5.19. The van der Waals surface area contributed by atoms with E-state index in [4.69, 9.17) is 0 Å². The summed E-state index contributed by atoms with van der Waals surface area (Å²) in [5, 5.41) is 4.50. The molecule has 2 rings (SSSR count). The summed E-state index contributed by atoms with van der Waals surface area (Å²) in [5.74, 6) is 0.617. The molecule has 0 amide bonds. The minimum absolute atomic E-state index is 0.617. The first-order valence-corrected chi connectivity index (χ1v) is 5.19. The Bertz CT molecular complexity index is 417. The van der Waals surface area contributed by atoms with E-state index in [0.717, 1.165) is 17.8 Å². The lowest BCUT2D eigenvalue weighted by Crippen LogP contribution is -2.04. The van der Waals surface area contributed by atoms with Gasteiger partial charge >= 0.3 is 0 Å². The van der Waals surface area contributed by atoms with Gasteiger partial charge in [-0.05, 0) is 24.1 Å². The summed E-state index contributed by atoms with van der Waals surface area (Å²) >= 11 is 0. The smallest absolute Gasteiger partial charge is 0.0938 e. The highest BCUT2D eigenvalue weighted by Crippen LogP contribution is 2.15. The van der Waals surface area contributed by atoms with Crippen molar-refractivity contribution >= 4 is 0 Å². The first-order chi connectivity index (χ1) is 7.25. The van der Waals surface area contributed by atoms with Crippen LogP contribution in [0.3, 0.4) is 0 Å². The van der Waals surface area contributed by atoms with E-state index in [0.29, 0.717) is 5.92 Å². The van der Waals surface area contributed by atoms with Crippen molar-refractivity contribution in [3.63, 3.8) is 0 Å². The summed E-state index contributed by atoms with van der Waals surface area (Å²) in [7, 11) is 0. The lowest BCUT2D eigenvalue weighted by molar-refractivity contribution is 0.484. The number of hydrogen-bond donors (Lipinski definition) is 0. The van der Waals surface area contributed by atoms with Gasteiger partial charge in [-0.2, -0.15) is 5.10 Å². The predicted molar refractivity (Wildman–Crippen MR) is 60.3 cm³/mol. The van der Waals surface area contributed by atoms with Gasteiger partial charge in [-0.15, -0.1) is 0 Å². The number of aromatic nitrogens is 3. The molecule has 0 aliphatic rings. The molecule has 3 heteroatoms. The zero-order chi connectivity index (χ0) is 10.7. The molecule has 0 fully saturated rings. The lowest BCUT2D eigenvalue weighted by Gasteiger charge is -2.03. The van der Waals surface area contributed by atoms with Gasteiger partial charge in [-0.25, -0.2) is 0 Å². The molecule has 2 heterocycles. The molecule has 0 saturated carbocycles. The predicted octanol–water partition coefficient (Wildman–Crippen LogP) is 2.60. The van der Waals surface area contributed by atoms with Crippen LogP contribution in [0.15, 0.2) is 36.8 Å². The first kappa shape index (κ1) is 9.90. The maximum Gasteiger partial charge on any atom is 0.0938 e. The van der Waals surface area contributed by atoms with E-state index in [1.54, 1.807) is 6.20 Å². The second-order valence-corrected chi connectivity index (χ2v) is 4.06. The number of hydrogen-bond acceptors (Lipinski definition) is 2. The molecule has 0 bridgehead atoms. The van der Waals surface area contributed by atoms with E-state index in [-0.39, 0.29) is 0 Å². The van der Waals surface area contributed by atoms with Gasteiger partial charge in [0.15, 0.2) is 0 Å². The van der Waals surface area contributed by atoms with Gasteiger partial charge < -0.3 is 0 Å². The van der Waals surface area contributed by atoms with Gasteiger partial charge in [0.25, 0.3) is 0 Å². The Hall–Kier alpha value is -1.64. The topological polar surface area (TPSA) is 30.7 Å². The molecule has 15 heavy (non-hydrogen) atoms. The molecular formula is C12H15N3. The molecule has 0 saturated heterocycles. The molecule has 0 spiro atoms. The Morgan fingerprint density at radius 2 is 2.20 bits per heavy atom. The van der Waals surface area contributed by atoms with Crippen LogP contribution in [0.5, 0.6) is 0 Å². The molecular weight excluding hydrogens is 186 g/mol. The van der Waals surface area contributed by atoms with Crippen LogP contribution < -0.4 is 0 Å². The summed E-state index contributed by atoms with van der Waals surface area (Å²) in [6.07, 6.45) is 5.62. The third kappa shape index (κ3) is 2.43. The lowest BCUT2D eigenvalue weighted by atomic mass is 10.2. The molecule has 0 unspecified atom stereocenters. The highest BCUT2D eigenvalue weighted by atomic mass is 15.3. The Labute approximate surface area is 89.8 Å². The van der Waals surface area contributed by atoms with Gasteiger partial charge in [0.05, 0.1) is 5.69 Å². The van der Waals surface area contributed by atoms with Crippen molar-refractivity contribution in [3.05, 3.63) is 36.8 Å². The molecule has 0 radical (unpaired) electrons. The Balaban J connectivity index is 2.21. The van der Waals surface area contributed by atoms with Gasteiger partial charge in [-0.1, -0.05) is 13.8 Å². The number of nitrogens with zero attached hydrogens (tertiary/aromatic N) is 3. The standard InChI is InChI=1S/C12H15N3/c1-10(2)9-15-7-5-12(14-15)11-4-3-6-13-8-11/h3-8,10H,9H2,1-2H3. The normalized spacial score (nSPS) is 10.9. The van der Waals surface area contributed by atoms with Crippen LogP contribution in [-0.4, -0.2) is 14.8 Å². The maximum atomic E-state index is 4.50. The summed E-state index contributed by atoms with van der Waals surface area (Å²) in [6.45, 7) is 5.33. The van der Waals surface area contributed by atoms with Crippen molar-refractivity contribution < 1.29 is 0 Å². The third-order valence-corrected chi connectivity index (χ3v) is 2.15. The minimum Gasteiger partial charge on any atom is -0.272 e. The molecule has 0 aliphatic carbocycles. The van der Waals surface area contributed by atoms with Crippen molar-refractivity contribution in [2.24, 2.45) is 5.92 Å². The molecule has 0 N–H and O–H groups in total. The number of pyridine rings is 1. The largest absolute Gasteiger partial charge is 0.272 e. The van der Waals surface area contributed by atoms with Crippen LogP contribution in [0.25, 0.3) is 11.3 Å². The fraction of sp³-hybridized carbons (Fsp3) is 0.333. The molecule has 0 aromatic carbocycles. The van der Waals surface area contributed by atoms with Crippen molar-refractivity contribution in [1.29, 1.82) is 0 Å². The van der Waals surface area contributed by atoms with E-state index < -0.39 is 0 Å². The van der Waals surface area contributed by atoms with E-state index in [9.17, 15) is 0 Å². The summed E-state index contributed by atoms with van der Waals surface area (Å²) in [5.41, 5.74) is 2.06. The van der Waals surface area contributed by atoms with Crippen LogP contribution in [0.2, 0.25) is 0 Å². The summed E-state index contributed by atoms with van der Waals surface area (Å²) < 4.78 is 1.98. The fourth-order valence-corrected chi connectivity index (χ4v) is 1.51. The van der Waals surface area contributed by atoms with Crippen LogP contribution in [0.4, 0.5) is 0 Å². The Kier molecular flexibility index (Phi) is 2.81. The molecule has 2 aromatic heterocycles. The number of rotatable bonds is 3. The average molecular weight is 201 g/mol. The van der Waals surface area contributed by atoms with E-state index in [2.05, 4.69) is 23.9 Å². The summed E-state index contributed by atoms with van der Waals surface area (Å²) in [4.78, 5) is 4.08. The Morgan fingerprint density at radius 1 is 1.33 bits per heavy atom. The van der Waals surface area contributed by atoms with Gasteiger partial charge in [0.1, 0.15) is 0 Å². The second kappa shape index (κ2) is 4.26. The average Bonchev–Trinajstić information content (AvgIpc) is 2.67. The van der Waals surface area contributed by atoms with E-state index in [1.165, 1.54) is 0 Å². The quantitative estimate of drug-likeness (QED) is 0.764. The zero-order valence-electron chi connectivity index (χ0n) is 9.09. The second-order valence-electron chi connectivity index (χ2n) is 4.06. The highest BCUT2D eigenvalue weighted by molar-refractivity contribution is 5.56. The van der Waals surface area contributed by atoms with E-state index in [1.807, 2.05) is 35.3 Å². The summed E-state index contributed by atoms with van der Waals surface area (Å²) in [6, 6.07) is 5.98. The van der Waals surface area contributed by atoms with Gasteiger partial charge in [0.2, 0.25) is 0 Å². The van der Waals surface area contributed by atoms with Gasteiger partial charge in [0, 0.05) is 30.7 Å². The van der Waals surface area contributed by atoms with Gasteiger partial charge in [-0.3, -0.25) is 9.67 Å². The van der Waals surface area contributed by atoms with Crippen LogP contribution in [0.1, 0.15) is 13.8 Å². The van der Waals surface area contributed by atoms with Crippen molar-refractivity contribution in [2.45, 2.75) is 20.4 Å². The molecule has 3 nitrogen and oxygen atoms in total. The van der Waals surface area contributed by atoms with Crippen molar-refractivity contribution in [3.8, 4) is 11.3 Å². The van der Waals surface area contributed by atoms with Crippen molar-refractivity contribution in [2.75, 3.05) is 0 Å². The monoisotopic (exact) mass is 201 g/mol. The van der Waals surface area contributed by atoms with Crippen LogP contribution in [0, 0.1) is 5.92 Å². The molecule has 2 aromatic rings. The van der Waals surface area contributed by atoms with Crippen molar-refractivity contribution in [1.82, 2.24) is 14.8 Å². The molecule has 0 atom stereocenters. The molecule has 78 valence electrons. The fourth-order valence-electron chi connectivity index (χ4n) is 1.51. The Morgan fingerprint density at radius 3 is 2.87 bits per heavy atom. The minimum atomic E-state index is 0.617. The van der Waals surface area contributed by atoms with Crippen LogP contribution >= 0.6 is 0 Å². The zero-order valence-corrected chi connectivity index (χ0v) is 9.09. The SMILES string of the molecule is CC(C)Cn1ccc(-c2cccnc2)n1. The highest BCUT2D eigenvalue weighted by Gasteiger charge is 2.02. The van der Waals surface area contributed by atoms with Crippen LogP contribution in [-0.2, 0) is 6.54 Å². The third-order valence-electron chi connectivity index (χ3n) is 2.15. The van der Waals surface area contributed by atoms with E-state index >= 15 is 0 Å². The molecule has 0 aliphatic heterocycles. The maximum absolute atomic E-state index is 4.50.